The monoisotopic (exact) mass is 473 g/mol. The Labute approximate surface area is 196 Å². The molecule has 0 bridgehead atoms. The minimum atomic E-state index is -1.19. The van der Waals surface area contributed by atoms with Gasteiger partial charge < -0.3 is 34.6 Å². The fraction of sp³-hybridized carbons (Fsp3) is 0.154. The van der Waals surface area contributed by atoms with Crippen LogP contribution in [0, 0.1) is 6.92 Å². The number of benzene rings is 3. The predicted molar refractivity (Wildman–Crippen MR) is 128 cm³/mol. The summed E-state index contributed by atoms with van der Waals surface area (Å²) in [4.78, 5) is 28.8. The van der Waals surface area contributed by atoms with Crippen molar-refractivity contribution >= 4 is 32.7 Å². The topological polar surface area (TPSA) is 153 Å². The lowest BCUT2D eigenvalue weighted by Crippen LogP contribution is -2.16. The fourth-order valence-corrected chi connectivity index (χ4v) is 5.20. The largest absolute Gasteiger partial charge is 0.506 e. The summed E-state index contributed by atoms with van der Waals surface area (Å²) in [6.45, 7) is 1.71. The lowest BCUT2D eigenvalue weighted by molar-refractivity contribution is 0.172. The number of hydrogen-bond donors (Lipinski definition) is 5. The molecule has 3 aromatic carbocycles. The van der Waals surface area contributed by atoms with E-state index in [1.807, 2.05) is 0 Å². The zero-order valence-corrected chi connectivity index (χ0v) is 18.6. The number of methoxy groups -OCH3 is 1. The molecule has 0 saturated carbocycles. The molecule has 2 aromatic heterocycles. The number of aliphatic hydroxyl groups excluding tert-OH is 1. The Kier molecular flexibility index (Phi) is 4.21. The molecule has 9 heteroatoms. The maximum atomic E-state index is 13.4. The average molecular weight is 473 g/mol. The molecule has 0 amide bonds. The van der Waals surface area contributed by atoms with E-state index in [1.54, 1.807) is 19.1 Å². The summed E-state index contributed by atoms with van der Waals surface area (Å²) in [5.41, 5.74) is -0.104. The molecule has 0 spiro atoms. The van der Waals surface area contributed by atoms with Gasteiger partial charge in [-0.1, -0.05) is 6.07 Å². The average Bonchev–Trinajstić information content (AvgIpc) is 2.79. The Morgan fingerprint density at radius 2 is 1.77 bits per heavy atom. The van der Waals surface area contributed by atoms with Gasteiger partial charge in [0.2, 0.25) is 5.43 Å². The molecule has 0 aliphatic heterocycles. The molecule has 0 radical (unpaired) electrons. The molecule has 0 fully saturated rings. The highest BCUT2D eigenvalue weighted by Gasteiger charge is 2.36. The highest BCUT2D eigenvalue weighted by Crippen LogP contribution is 2.55. The number of aromatic hydroxyl groups is 3. The van der Waals surface area contributed by atoms with Crippen LogP contribution >= 0.6 is 0 Å². The smallest absolute Gasteiger partial charge is 0.259 e. The second kappa shape index (κ2) is 7.00. The summed E-state index contributed by atoms with van der Waals surface area (Å²) in [6.07, 6.45) is -1.14. The Bertz CT molecular complexity index is 1870. The first-order valence-corrected chi connectivity index (χ1v) is 10.8. The number of phenols is 3. The number of aryl methyl sites for hydroxylation is 1. The maximum absolute atomic E-state index is 13.4. The minimum Gasteiger partial charge on any atom is -0.506 e. The SMILES string of the molecule is COc1c2c(c(O)c3c(=O)c4cccc(O)c4oc13)-c1c(cc3cc(C)[nH]c(=O)c3c1O)C[C@H]2O. The van der Waals surface area contributed by atoms with Crippen molar-refractivity contribution in [2.75, 3.05) is 7.11 Å². The number of phenolic OH excluding ortho intramolecular Hbond substituents is 3. The van der Waals surface area contributed by atoms with E-state index >= 15 is 0 Å². The normalized spacial score (nSPS) is 14.9. The second-order valence-corrected chi connectivity index (χ2v) is 8.68. The van der Waals surface area contributed by atoms with Gasteiger partial charge in [0.25, 0.3) is 5.56 Å². The highest BCUT2D eigenvalue weighted by atomic mass is 16.5. The van der Waals surface area contributed by atoms with E-state index < -0.39 is 22.8 Å². The van der Waals surface area contributed by atoms with Crippen molar-refractivity contribution in [2.45, 2.75) is 19.4 Å². The summed E-state index contributed by atoms with van der Waals surface area (Å²) in [5.74, 6) is -1.21. The molecule has 1 aliphatic carbocycles. The standard InChI is InChI=1S/C26H19NO8/c1-9-6-10-7-11-8-14(29)17-18(15(11)21(31)16(10)26(33)27-9)22(32)19-20(30)12-4-3-5-13(28)23(12)35-25(19)24(17)34-2/h3-7,14,28-29,31-32H,8H2,1-2H3,(H,27,33)/t14-/m1/s1. The third-order valence-electron chi connectivity index (χ3n) is 6.61. The number of pyridine rings is 1. The molecule has 0 saturated heterocycles. The summed E-state index contributed by atoms with van der Waals surface area (Å²) in [5, 5.41) is 44.3. The molecule has 5 N–H and O–H groups in total. The number of H-pyrrole nitrogens is 1. The molecule has 5 aromatic rings. The van der Waals surface area contributed by atoms with Crippen LogP contribution in [0.4, 0.5) is 0 Å². The molecular weight excluding hydrogens is 454 g/mol. The maximum Gasteiger partial charge on any atom is 0.259 e. The van der Waals surface area contributed by atoms with E-state index in [2.05, 4.69) is 4.98 Å². The van der Waals surface area contributed by atoms with Crippen molar-refractivity contribution in [3.05, 3.63) is 67.7 Å². The van der Waals surface area contributed by atoms with Gasteiger partial charge in [-0.2, -0.15) is 0 Å². The van der Waals surface area contributed by atoms with Crippen molar-refractivity contribution in [1.82, 2.24) is 4.98 Å². The van der Waals surface area contributed by atoms with Crippen LogP contribution in [0.5, 0.6) is 23.0 Å². The van der Waals surface area contributed by atoms with Crippen molar-refractivity contribution in [3.63, 3.8) is 0 Å². The zero-order chi connectivity index (χ0) is 24.8. The lowest BCUT2D eigenvalue weighted by atomic mass is 9.80. The molecule has 1 atom stereocenters. The minimum absolute atomic E-state index is 0.0191. The number of aliphatic hydroxyl groups is 1. The lowest BCUT2D eigenvalue weighted by Gasteiger charge is -2.28. The van der Waals surface area contributed by atoms with Crippen LogP contribution in [-0.2, 0) is 6.42 Å². The van der Waals surface area contributed by atoms with Crippen LogP contribution in [0.15, 0.2) is 44.3 Å². The van der Waals surface area contributed by atoms with E-state index in [-0.39, 0.29) is 67.7 Å². The third kappa shape index (κ3) is 2.66. The highest BCUT2D eigenvalue weighted by molar-refractivity contribution is 6.07. The Balaban J connectivity index is 1.86. The molecule has 176 valence electrons. The number of aromatic nitrogens is 1. The fourth-order valence-electron chi connectivity index (χ4n) is 5.20. The van der Waals surface area contributed by atoms with E-state index in [1.165, 1.54) is 25.3 Å². The van der Waals surface area contributed by atoms with Crippen LogP contribution in [0.1, 0.15) is 22.9 Å². The van der Waals surface area contributed by atoms with Gasteiger partial charge in [-0.25, -0.2) is 0 Å². The van der Waals surface area contributed by atoms with E-state index in [9.17, 15) is 30.0 Å². The summed E-state index contributed by atoms with van der Waals surface area (Å²) >= 11 is 0. The molecule has 0 unspecified atom stereocenters. The van der Waals surface area contributed by atoms with Crippen molar-refractivity contribution in [1.29, 1.82) is 0 Å². The Hall–Kier alpha value is -4.50. The van der Waals surface area contributed by atoms with Crippen LogP contribution in [0.2, 0.25) is 0 Å². The number of para-hydroxylation sites is 1. The van der Waals surface area contributed by atoms with Gasteiger partial charge in [-0.15, -0.1) is 0 Å². The van der Waals surface area contributed by atoms with Crippen LogP contribution < -0.4 is 15.7 Å². The van der Waals surface area contributed by atoms with Crippen molar-refractivity contribution in [2.24, 2.45) is 0 Å². The van der Waals surface area contributed by atoms with E-state index in [0.29, 0.717) is 16.6 Å². The summed E-state index contributed by atoms with van der Waals surface area (Å²) in [7, 11) is 1.32. The number of hydrogen-bond acceptors (Lipinski definition) is 8. The van der Waals surface area contributed by atoms with Gasteiger partial charge in [0.15, 0.2) is 22.7 Å². The predicted octanol–water partition coefficient (Wildman–Crippen LogP) is 3.48. The van der Waals surface area contributed by atoms with Gasteiger partial charge >= 0.3 is 0 Å². The first-order chi connectivity index (χ1) is 16.7. The zero-order valence-electron chi connectivity index (χ0n) is 18.6. The van der Waals surface area contributed by atoms with Crippen molar-refractivity contribution < 1.29 is 29.6 Å². The van der Waals surface area contributed by atoms with Crippen molar-refractivity contribution in [3.8, 4) is 34.1 Å². The number of aromatic amines is 1. The Morgan fingerprint density at radius 1 is 1.03 bits per heavy atom. The summed E-state index contributed by atoms with van der Waals surface area (Å²) < 4.78 is 11.4. The first-order valence-electron chi connectivity index (χ1n) is 10.8. The van der Waals surface area contributed by atoms with Gasteiger partial charge in [0.05, 0.1) is 24.0 Å². The van der Waals surface area contributed by atoms with Crippen LogP contribution in [-0.4, -0.2) is 32.5 Å². The number of ether oxygens (including phenoxy) is 1. The number of nitrogens with one attached hydrogen (secondary N) is 1. The quantitative estimate of drug-likeness (QED) is 0.232. The third-order valence-corrected chi connectivity index (χ3v) is 6.61. The second-order valence-electron chi connectivity index (χ2n) is 8.68. The van der Waals surface area contributed by atoms with Gasteiger partial charge in [-0.05, 0) is 42.1 Å². The van der Waals surface area contributed by atoms with Gasteiger partial charge in [0, 0.05) is 28.8 Å². The van der Waals surface area contributed by atoms with Gasteiger partial charge in [-0.3, -0.25) is 9.59 Å². The molecular formula is C26H19NO8. The number of fused-ring (bicyclic) bond motifs is 6. The Morgan fingerprint density at radius 3 is 2.51 bits per heavy atom. The molecule has 9 nitrogen and oxygen atoms in total. The summed E-state index contributed by atoms with van der Waals surface area (Å²) in [6, 6.07) is 7.65. The molecule has 1 aliphatic rings. The molecule has 6 rings (SSSR count). The number of rotatable bonds is 1. The first kappa shape index (κ1) is 21.1. The van der Waals surface area contributed by atoms with E-state index in [4.69, 9.17) is 9.15 Å². The van der Waals surface area contributed by atoms with E-state index in [0.717, 1.165) is 0 Å². The van der Waals surface area contributed by atoms with Crippen LogP contribution in [0.3, 0.4) is 0 Å². The molecule has 2 heterocycles. The van der Waals surface area contributed by atoms with Gasteiger partial charge in [0.1, 0.15) is 16.9 Å². The van der Waals surface area contributed by atoms with Crippen LogP contribution in [0.25, 0.3) is 43.8 Å². The molecule has 35 heavy (non-hydrogen) atoms.